The molecule has 1 saturated carbocycles. The maximum atomic E-state index is 13.2. The molecule has 1 aliphatic heterocycles. The first-order valence-corrected chi connectivity index (χ1v) is 10.9. The molecule has 3 aromatic rings. The number of hydrogen-bond acceptors (Lipinski definition) is 4. The van der Waals surface area contributed by atoms with Crippen molar-refractivity contribution in [3.63, 3.8) is 0 Å². The van der Waals surface area contributed by atoms with Crippen LogP contribution in [0.2, 0.25) is 0 Å². The molecule has 30 heavy (non-hydrogen) atoms. The van der Waals surface area contributed by atoms with E-state index >= 15 is 0 Å². The van der Waals surface area contributed by atoms with Gasteiger partial charge in [0.1, 0.15) is 0 Å². The van der Waals surface area contributed by atoms with Crippen LogP contribution >= 0.6 is 0 Å². The first-order valence-electron chi connectivity index (χ1n) is 10.9. The number of H-pyrrole nitrogens is 1. The van der Waals surface area contributed by atoms with Gasteiger partial charge in [-0.15, -0.1) is 0 Å². The molecule has 5 rings (SSSR count). The van der Waals surface area contributed by atoms with Crippen LogP contribution in [0, 0.1) is 18.8 Å². The van der Waals surface area contributed by atoms with Gasteiger partial charge >= 0.3 is 0 Å². The largest absolute Gasteiger partial charge is 0.381 e. The minimum atomic E-state index is -0.127. The van der Waals surface area contributed by atoms with Crippen LogP contribution in [0.3, 0.4) is 0 Å². The van der Waals surface area contributed by atoms with E-state index in [1.807, 2.05) is 35.6 Å². The van der Waals surface area contributed by atoms with Crippen LogP contribution in [-0.2, 0) is 11.3 Å². The smallest absolute Gasteiger partial charge is 0.259 e. The second-order valence-electron chi connectivity index (χ2n) is 8.79. The molecule has 1 saturated heterocycles. The van der Waals surface area contributed by atoms with Crippen LogP contribution in [0.25, 0.3) is 21.8 Å². The summed E-state index contributed by atoms with van der Waals surface area (Å²) in [4.78, 5) is 30.6. The highest BCUT2D eigenvalue weighted by Crippen LogP contribution is 2.31. The zero-order chi connectivity index (χ0) is 20.8. The van der Waals surface area contributed by atoms with E-state index in [0.29, 0.717) is 36.0 Å². The van der Waals surface area contributed by atoms with Gasteiger partial charge in [0.2, 0.25) is 0 Å². The number of carbonyl (C=O) groups excluding carboxylic acids is 1. The fourth-order valence-electron chi connectivity index (χ4n) is 4.62. The monoisotopic (exact) mass is 408 g/mol. The number of aromatic amines is 1. The van der Waals surface area contributed by atoms with Gasteiger partial charge in [0.05, 0.1) is 29.2 Å². The topological polar surface area (TPSA) is 80.2 Å². The maximum absolute atomic E-state index is 13.2. The summed E-state index contributed by atoms with van der Waals surface area (Å²) in [6, 6.07) is 3.86. The Labute approximate surface area is 175 Å². The fourth-order valence-corrected chi connectivity index (χ4v) is 4.62. The molecule has 1 N–H and O–H groups in total. The van der Waals surface area contributed by atoms with Gasteiger partial charge < -0.3 is 14.6 Å². The number of aromatic nitrogens is 3. The summed E-state index contributed by atoms with van der Waals surface area (Å²) in [6.45, 7) is 7.62. The highest BCUT2D eigenvalue weighted by atomic mass is 16.5. The third kappa shape index (κ3) is 3.21. The lowest BCUT2D eigenvalue weighted by atomic mass is 9.85. The Kier molecular flexibility index (Phi) is 4.85. The van der Waals surface area contributed by atoms with Gasteiger partial charge in [0.25, 0.3) is 11.5 Å². The third-order valence-electron chi connectivity index (χ3n) is 6.64. The number of aryl methyl sites for hydroxylation is 1. The molecular formula is C23H28N4O3. The number of nitrogens with zero attached hydrogens (tertiary/aromatic N) is 3. The SMILES string of the molecule is CCOCC1CN(C(=O)c2cc3c(cc2C)[nH]c(=O)c2cnn(CC4CCC4)c23)C1. The predicted octanol–water partition coefficient (Wildman–Crippen LogP) is 3.09. The lowest BCUT2D eigenvalue weighted by Crippen LogP contribution is -2.51. The van der Waals surface area contributed by atoms with Gasteiger partial charge in [-0.1, -0.05) is 6.42 Å². The van der Waals surface area contributed by atoms with Gasteiger partial charge in [-0.2, -0.15) is 5.10 Å². The number of likely N-dealkylation sites (tertiary alicyclic amines) is 1. The van der Waals surface area contributed by atoms with E-state index in [1.54, 1.807) is 6.20 Å². The van der Waals surface area contributed by atoms with Gasteiger partial charge in [-0.3, -0.25) is 14.3 Å². The number of rotatable bonds is 6. The Balaban J connectivity index is 1.52. The number of benzene rings is 1. The van der Waals surface area contributed by atoms with E-state index in [2.05, 4.69) is 10.1 Å². The molecule has 1 aliphatic carbocycles. The maximum Gasteiger partial charge on any atom is 0.259 e. The van der Waals surface area contributed by atoms with E-state index in [1.165, 1.54) is 19.3 Å². The zero-order valence-corrected chi connectivity index (χ0v) is 17.6. The fraction of sp³-hybridized carbons (Fsp3) is 0.522. The summed E-state index contributed by atoms with van der Waals surface area (Å²) in [6.07, 6.45) is 5.34. The molecular weight excluding hydrogens is 380 g/mol. The molecule has 2 aliphatic rings. The highest BCUT2D eigenvalue weighted by molar-refractivity contribution is 6.07. The lowest BCUT2D eigenvalue weighted by molar-refractivity contribution is 0.0177. The van der Waals surface area contributed by atoms with Crippen molar-refractivity contribution in [1.82, 2.24) is 19.7 Å². The molecule has 2 aromatic heterocycles. The molecule has 0 spiro atoms. The Bertz CT molecular complexity index is 1170. The zero-order valence-electron chi connectivity index (χ0n) is 17.6. The number of amides is 1. The summed E-state index contributed by atoms with van der Waals surface area (Å²) < 4.78 is 7.44. The molecule has 0 unspecified atom stereocenters. The predicted molar refractivity (Wildman–Crippen MR) is 116 cm³/mol. The van der Waals surface area contributed by atoms with Gasteiger partial charge in [-0.25, -0.2) is 0 Å². The molecule has 7 heteroatoms. The third-order valence-corrected chi connectivity index (χ3v) is 6.64. The first-order chi connectivity index (χ1) is 14.5. The average molecular weight is 409 g/mol. The molecule has 0 radical (unpaired) electrons. The summed E-state index contributed by atoms with van der Waals surface area (Å²) in [7, 11) is 0. The molecule has 1 aromatic carbocycles. The Morgan fingerprint density at radius 2 is 2.03 bits per heavy atom. The van der Waals surface area contributed by atoms with Crippen molar-refractivity contribution in [1.29, 1.82) is 0 Å². The van der Waals surface area contributed by atoms with Crippen LogP contribution < -0.4 is 5.56 Å². The van der Waals surface area contributed by atoms with Crippen molar-refractivity contribution < 1.29 is 9.53 Å². The minimum Gasteiger partial charge on any atom is -0.381 e. The second kappa shape index (κ2) is 7.54. The van der Waals surface area contributed by atoms with Crippen molar-refractivity contribution in [2.75, 3.05) is 26.3 Å². The first kappa shape index (κ1) is 19.3. The summed E-state index contributed by atoms with van der Waals surface area (Å²) in [5, 5.41) is 5.99. The van der Waals surface area contributed by atoms with E-state index in [0.717, 1.165) is 41.6 Å². The Morgan fingerprint density at radius 1 is 1.23 bits per heavy atom. The molecule has 0 bridgehead atoms. The van der Waals surface area contributed by atoms with Crippen molar-refractivity contribution in [2.24, 2.45) is 11.8 Å². The second-order valence-corrected chi connectivity index (χ2v) is 8.79. The standard InChI is InChI=1S/C23H28N4O3/c1-3-30-13-16-10-26(11-16)23(29)17-8-18-20(7-14(17)2)25-22(28)19-9-24-27(21(18)19)12-15-5-4-6-15/h7-9,15-16H,3-6,10-13H2,1-2H3,(H,25,28). The summed E-state index contributed by atoms with van der Waals surface area (Å²) in [5.41, 5.74) is 3.04. The number of nitrogens with one attached hydrogen (secondary N) is 1. The lowest BCUT2D eigenvalue weighted by Gasteiger charge is -2.39. The van der Waals surface area contributed by atoms with Crippen molar-refractivity contribution in [3.05, 3.63) is 39.8 Å². The van der Waals surface area contributed by atoms with Crippen LogP contribution in [0.1, 0.15) is 42.1 Å². The Hall–Kier alpha value is -2.67. The minimum absolute atomic E-state index is 0.0477. The Morgan fingerprint density at radius 3 is 2.73 bits per heavy atom. The molecule has 0 atom stereocenters. The van der Waals surface area contributed by atoms with E-state index < -0.39 is 0 Å². The van der Waals surface area contributed by atoms with Crippen molar-refractivity contribution in [2.45, 2.75) is 39.7 Å². The van der Waals surface area contributed by atoms with Gasteiger partial charge in [0.15, 0.2) is 0 Å². The normalized spacial score (nSPS) is 17.5. The van der Waals surface area contributed by atoms with Crippen LogP contribution in [-0.4, -0.2) is 51.9 Å². The van der Waals surface area contributed by atoms with Crippen molar-refractivity contribution in [3.8, 4) is 0 Å². The van der Waals surface area contributed by atoms with Crippen LogP contribution in [0.15, 0.2) is 23.1 Å². The highest BCUT2D eigenvalue weighted by Gasteiger charge is 2.32. The summed E-state index contributed by atoms with van der Waals surface area (Å²) in [5.74, 6) is 1.09. The summed E-state index contributed by atoms with van der Waals surface area (Å²) >= 11 is 0. The van der Waals surface area contributed by atoms with E-state index in [-0.39, 0.29) is 11.5 Å². The number of fused-ring (bicyclic) bond motifs is 3. The molecule has 7 nitrogen and oxygen atoms in total. The van der Waals surface area contributed by atoms with E-state index in [9.17, 15) is 9.59 Å². The molecule has 3 heterocycles. The number of ether oxygens (including phenoxy) is 1. The number of carbonyl (C=O) groups is 1. The van der Waals surface area contributed by atoms with E-state index in [4.69, 9.17) is 4.74 Å². The molecule has 158 valence electrons. The number of pyridine rings is 1. The number of hydrogen-bond donors (Lipinski definition) is 1. The van der Waals surface area contributed by atoms with Crippen LogP contribution in [0.5, 0.6) is 0 Å². The molecule has 1 amide bonds. The van der Waals surface area contributed by atoms with Gasteiger partial charge in [-0.05, 0) is 50.3 Å². The quantitative estimate of drug-likeness (QED) is 0.680. The van der Waals surface area contributed by atoms with Gasteiger partial charge in [0, 0.05) is 43.1 Å². The average Bonchev–Trinajstić information content (AvgIpc) is 3.07. The molecule has 2 fully saturated rings. The van der Waals surface area contributed by atoms with Crippen molar-refractivity contribution >= 4 is 27.7 Å². The van der Waals surface area contributed by atoms with Crippen LogP contribution in [0.4, 0.5) is 0 Å².